The van der Waals surface area contributed by atoms with Gasteiger partial charge < -0.3 is 5.32 Å². The van der Waals surface area contributed by atoms with Gasteiger partial charge in [0.25, 0.3) is 0 Å². The number of amides is 1. The van der Waals surface area contributed by atoms with E-state index in [9.17, 15) is 13.2 Å². The molecule has 0 unspecified atom stereocenters. The van der Waals surface area contributed by atoms with Crippen molar-refractivity contribution in [3.05, 3.63) is 69.1 Å². The highest BCUT2D eigenvalue weighted by molar-refractivity contribution is 7.89. The molecule has 1 aromatic heterocycles. The third-order valence-electron chi connectivity index (χ3n) is 3.75. The van der Waals surface area contributed by atoms with Crippen LogP contribution in [0.2, 0.25) is 10.0 Å². The number of rotatable bonds is 8. The second-order valence-electron chi connectivity index (χ2n) is 5.95. The summed E-state index contributed by atoms with van der Waals surface area (Å²) in [6.07, 6.45) is 0.532. The molecule has 7 nitrogen and oxygen atoms in total. The van der Waals surface area contributed by atoms with Gasteiger partial charge in [0.1, 0.15) is 5.01 Å². The lowest BCUT2D eigenvalue weighted by Gasteiger charge is -2.06. The van der Waals surface area contributed by atoms with Crippen molar-refractivity contribution in [1.29, 1.82) is 0 Å². The summed E-state index contributed by atoms with van der Waals surface area (Å²) >= 11 is 12.9. The van der Waals surface area contributed by atoms with Crippen molar-refractivity contribution in [2.75, 3.05) is 11.9 Å². The Morgan fingerprint density at radius 2 is 1.59 bits per heavy atom. The number of aromatic nitrogens is 2. The SMILES string of the molecule is O=C(CCNS(=O)(=O)c1ccc(Cl)cc1)Nc1nnc(Cc2ccc(Cl)cc2)s1. The number of carbonyl (C=O) groups excluding carboxylic acids is 1. The van der Waals surface area contributed by atoms with E-state index in [0.717, 1.165) is 10.6 Å². The van der Waals surface area contributed by atoms with Crippen molar-refractivity contribution in [3.8, 4) is 0 Å². The first-order valence-electron chi connectivity index (χ1n) is 8.44. The minimum Gasteiger partial charge on any atom is -0.300 e. The van der Waals surface area contributed by atoms with Crippen molar-refractivity contribution in [2.24, 2.45) is 0 Å². The summed E-state index contributed by atoms with van der Waals surface area (Å²) in [5, 5.41) is 12.8. The molecule has 0 atom stereocenters. The van der Waals surface area contributed by atoms with Crippen LogP contribution in [0.5, 0.6) is 0 Å². The molecule has 2 aromatic carbocycles. The Balaban J connectivity index is 1.48. The predicted molar refractivity (Wildman–Crippen MR) is 114 cm³/mol. The summed E-state index contributed by atoms with van der Waals surface area (Å²) in [4.78, 5) is 12.1. The summed E-state index contributed by atoms with van der Waals surface area (Å²) in [5.74, 6) is -0.363. The maximum atomic E-state index is 12.2. The van der Waals surface area contributed by atoms with Gasteiger partial charge in [-0.25, -0.2) is 13.1 Å². The number of hydrogen-bond donors (Lipinski definition) is 2. The van der Waals surface area contributed by atoms with Gasteiger partial charge in [-0.2, -0.15) is 0 Å². The number of halogens is 2. The predicted octanol–water partition coefficient (Wildman–Crippen LogP) is 3.74. The number of carbonyl (C=O) groups is 1. The maximum Gasteiger partial charge on any atom is 0.240 e. The first-order valence-corrected chi connectivity index (χ1v) is 11.5. The minimum absolute atomic E-state index is 0.0427. The number of nitrogens with zero attached hydrogens (tertiary/aromatic N) is 2. The lowest BCUT2D eigenvalue weighted by Crippen LogP contribution is -2.27. The van der Waals surface area contributed by atoms with Crippen LogP contribution in [0.1, 0.15) is 17.0 Å². The zero-order valence-electron chi connectivity index (χ0n) is 14.9. The van der Waals surface area contributed by atoms with Crippen LogP contribution in [0.4, 0.5) is 5.13 Å². The number of anilines is 1. The average Bonchev–Trinajstić information content (AvgIpc) is 3.10. The Labute approximate surface area is 182 Å². The summed E-state index contributed by atoms with van der Waals surface area (Å²) < 4.78 is 26.7. The molecule has 0 aliphatic heterocycles. The monoisotopic (exact) mass is 470 g/mol. The molecule has 3 rings (SSSR count). The van der Waals surface area contributed by atoms with E-state index < -0.39 is 10.0 Å². The van der Waals surface area contributed by atoms with E-state index in [4.69, 9.17) is 23.2 Å². The van der Waals surface area contributed by atoms with Gasteiger partial charge >= 0.3 is 0 Å². The Morgan fingerprint density at radius 3 is 2.24 bits per heavy atom. The van der Waals surface area contributed by atoms with E-state index in [1.165, 1.54) is 35.6 Å². The zero-order valence-corrected chi connectivity index (χ0v) is 18.1. The normalized spacial score (nSPS) is 11.4. The zero-order chi connectivity index (χ0) is 20.9. The number of benzene rings is 2. The topological polar surface area (TPSA) is 101 Å². The highest BCUT2D eigenvalue weighted by Gasteiger charge is 2.15. The van der Waals surface area contributed by atoms with E-state index in [2.05, 4.69) is 20.2 Å². The summed E-state index contributed by atoms with van der Waals surface area (Å²) in [7, 11) is -3.70. The molecule has 0 bridgehead atoms. The van der Waals surface area contributed by atoms with Gasteiger partial charge in [-0.3, -0.25) is 4.79 Å². The molecule has 2 N–H and O–H groups in total. The van der Waals surface area contributed by atoms with Crippen LogP contribution in [-0.2, 0) is 21.2 Å². The fourth-order valence-corrected chi connectivity index (χ4v) is 4.40. The van der Waals surface area contributed by atoms with E-state index >= 15 is 0 Å². The molecular formula is C18H16Cl2N4O3S2. The number of nitrogens with one attached hydrogen (secondary N) is 2. The van der Waals surface area contributed by atoms with Crippen LogP contribution in [0.25, 0.3) is 0 Å². The Hall–Kier alpha value is -2.04. The van der Waals surface area contributed by atoms with Crippen molar-refractivity contribution in [2.45, 2.75) is 17.7 Å². The van der Waals surface area contributed by atoms with E-state index in [1.807, 2.05) is 12.1 Å². The summed E-state index contributed by atoms with van der Waals surface area (Å²) in [5.41, 5.74) is 1.03. The minimum atomic E-state index is -3.70. The first kappa shape index (κ1) is 21.7. The molecular weight excluding hydrogens is 455 g/mol. The van der Waals surface area contributed by atoms with E-state index in [0.29, 0.717) is 21.6 Å². The van der Waals surface area contributed by atoms with Gasteiger partial charge in [-0.15, -0.1) is 10.2 Å². The molecule has 0 spiro atoms. The molecule has 29 heavy (non-hydrogen) atoms. The van der Waals surface area contributed by atoms with Crippen molar-refractivity contribution in [1.82, 2.24) is 14.9 Å². The van der Waals surface area contributed by atoms with Crippen LogP contribution < -0.4 is 10.0 Å². The third-order valence-corrected chi connectivity index (χ3v) is 6.57. The number of sulfonamides is 1. The van der Waals surface area contributed by atoms with Gasteiger partial charge in [0.2, 0.25) is 21.1 Å². The Kier molecular flexibility index (Phi) is 7.20. The molecule has 3 aromatic rings. The highest BCUT2D eigenvalue weighted by atomic mass is 35.5. The van der Waals surface area contributed by atoms with Crippen LogP contribution in [-0.4, -0.2) is 31.1 Å². The van der Waals surface area contributed by atoms with Crippen molar-refractivity contribution in [3.63, 3.8) is 0 Å². The van der Waals surface area contributed by atoms with Crippen molar-refractivity contribution >= 4 is 55.6 Å². The van der Waals surface area contributed by atoms with Gasteiger partial charge in [-0.1, -0.05) is 46.7 Å². The number of hydrogen-bond acceptors (Lipinski definition) is 6. The van der Waals surface area contributed by atoms with Crippen LogP contribution in [0.15, 0.2) is 53.4 Å². The second-order valence-corrected chi connectivity index (χ2v) is 9.66. The lowest BCUT2D eigenvalue weighted by molar-refractivity contribution is -0.116. The fraction of sp³-hybridized carbons (Fsp3) is 0.167. The molecule has 1 heterocycles. The Bertz CT molecular complexity index is 1090. The van der Waals surface area contributed by atoms with Gasteiger partial charge in [0.05, 0.1) is 4.90 Å². The second kappa shape index (κ2) is 9.64. The van der Waals surface area contributed by atoms with Gasteiger partial charge in [-0.05, 0) is 42.0 Å². The van der Waals surface area contributed by atoms with Crippen LogP contribution in [0.3, 0.4) is 0 Å². The first-order chi connectivity index (χ1) is 13.8. The standard InChI is InChI=1S/C18H16Cl2N4O3S2/c19-13-3-1-12(2-4-13)11-17-23-24-18(28-17)22-16(25)9-10-21-29(26,27)15-7-5-14(20)6-8-15/h1-8,21H,9-11H2,(H,22,24,25). The smallest absolute Gasteiger partial charge is 0.240 e. The van der Waals surface area contributed by atoms with Crippen LogP contribution in [0, 0.1) is 0 Å². The summed E-state index contributed by atoms with van der Waals surface area (Å²) in [6, 6.07) is 13.2. The molecule has 0 aliphatic carbocycles. The Morgan fingerprint density at radius 1 is 0.966 bits per heavy atom. The average molecular weight is 471 g/mol. The van der Waals surface area contributed by atoms with Crippen LogP contribution >= 0.6 is 34.5 Å². The van der Waals surface area contributed by atoms with Gasteiger partial charge in [0.15, 0.2) is 0 Å². The molecule has 11 heteroatoms. The lowest BCUT2D eigenvalue weighted by atomic mass is 10.2. The molecule has 1 amide bonds. The third kappa shape index (κ3) is 6.48. The van der Waals surface area contributed by atoms with E-state index in [1.54, 1.807) is 12.1 Å². The van der Waals surface area contributed by atoms with Gasteiger partial charge in [0, 0.05) is 29.4 Å². The molecule has 0 aliphatic rings. The molecule has 152 valence electrons. The molecule has 0 fully saturated rings. The largest absolute Gasteiger partial charge is 0.300 e. The molecule has 0 saturated carbocycles. The molecule has 0 radical (unpaired) electrons. The highest BCUT2D eigenvalue weighted by Crippen LogP contribution is 2.20. The fourth-order valence-electron chi connectivity index (χ4n) is 2.33. The van der Waals surface area contributed by atoms with E-state index in [-0.39, 0.29) is 23.8 Å². The maximum absolute atomic E-state index is 12.2. The molecule has 0 saturated heterocycles. The summed E-state index contributed by atoms with van der Waals surface area (Å²) in [6.45, 7) is -0.0484. The van der Waals surface area contributed by atoms with Crippen molar-refractivity contribution < 1.29 is 13.2 Å². The quantitative estimate of drug-likeness (QED) is 0.521.